The number of benzene rings is 2. The first-order valence-corrected chi connectivity index (χ1v) is 8.66. The van der Waals surface area contributed by atoms with E-state index in [1.54, 1.807) is 24.3 Å². The number of anilines is 1. The van der Waals surface area contributed by atoms with Crippen LogP contribution in [0.1, 0.15) is 33.3 Å². The van der Waals surface area contributed by atoms with Crippen molar-refractivity contribution in [2.75, 3.05) is 18.5 Å². The zero-order valence-electron chi connectivity index (χ0n) is 15.8. The quantitative estimate of drug-likeness (QED) is 0.792. The standard InChI is InChI=1S/C21H27NO4/c1-15(23)22-17-7-11-20(12-8-17)26-14-18(24)13-25-19-9-5-16(6-10-19)21(2,3)4/h5-12,18,24H,13-14H2,1-4H3,(H,22,23). The Labute approximate surface area is 155 Å². The molecule has 0 aliphatic carbocycles. The fraction of sp³-hybridized carbons (Fsp3) is 0.381. The van der Waals surface area contributed by atoms with Gasteiger partial charge in [-0.2, -0.15) is 0 Å². The van der Waals surface area contributed by atoms with Gasteiger partial charge in [0, 0.05) is 12.6 Å². The second-order valence-corrected chi connectivity index (χ2v) is 7.26. The second-order valence-electron chi connectivity index (χ2n) is 7.26. The number of aliphatic hydroxyl groups excluding tert-OH is 1. The van der Waals surface area contributed by atoms with Crippen molar-refractivity contribution in [2.45, 2.75) is 39.2 Å². The summed E-state index contributed by atoms with van der Waals surface area (Å²) in [5, 5.41) is 12.7. The average molecular weight is 357 g/mol. The summed E-state index contributed by atoms with van der Waals surface area (Å²) in [4.78, 5) is 11.0. The Morgan fingerprint density at radius 2 is 1.42 bits per heavy atom. The number of aliphatic hydroxyl groups is 1. The van der Waals surface area contributed by atoms with Gasteiger partial charge in [0.25, 0.3) is 0 Å². The summed E-state index contributed by atoms with van der Waals surface area (Å²) in [7, 11) is 0. The Bertz CT molecular complexity index is 702. The monoisotopic (exact) mass is 357 g/mol. The third-order valence-electron chi connectivity index (χ3n) is 3.78. The predicted octanol–water partition coefficient (Wildman–Crippen LogP) is 3.76. The number of ether oxygens (including phenoxy) is 2. The molecular weight excluding hydrogens is 330 g/mol. The summed E-state index contributed by atoms with van der Waals surface area (Å²) in [6.45, 7) is 8.21. The van der Waals surface area contributed by atoms with Crippen LogP contribution in [0.4, 0.5) is 5.69 Å². The largest absolute Gasteiger partial charge is 0.491 e. The van der Waals surface area contributed by atoms with E-state index >= 15 is 0 Å². The topological polar surface area (TPSA) is 67.8 Å². The molecule has 0 heterocycles. The van der Waals surface area contributed by atoms with Gasteiger partial charge in [0.2, 0.25) is 5.91 Å². The number of nitrogens with one attached hydrogen (secondary N) is 1. The van der Waals surface area contributed by atoms with Crippen LogP contribution in [0.3, 0.4) is 0 Å². The van der Waals surface area contributed by atoms with Crippen molar-refractivity contribution in [1.29, 1.82) is 0 Å². The maximum Gasteiger partial charge on any atom is 0.221 e. The molecule has 0 radical (unpaired) electrons. The zero-order valence-corrected chi connectivity index (χ0v) is 15.8. The molecule has 0 aliphatic heterocycles. The Balaban J connectivity index is 1.76. The van der Waals surface area contributed by atoms with Crippen LogP contribution in [-0.4, -0.2) is 30.3 Å². The highest BCUT2D eigenvalue weighted by molar-refractivity contribution is 5.88. The molecule has 0 aliphatic rings. The van der Waals surface area contributed by atoms with Gasteiger partial charge >= 0.3 is 0 Å². The van der Waals surface area contributed by atoms with E-state index in [4.69, 9.17) is 9.47 Å². The molecule has 1 unspecified atom stereocenters. The number of amides is 1. The lowest BCUT2D eigenvalue weighted by Crippen LogP contribution is -2.25. The molecule has 26 heavy (non-hydrogen) atoms. The highest BCUT2D eigenvalue weighted by Crippen LogP contribution is 2.24. The summed E-state index contributed by atoms with van der Waals surface area (Å²) in [5.74, 6) is 1.21. The SMILES string of the molecule is CC(=O)Nc1ccc(OCC(O)COc2ccc(C(C)(C)C)cc2)cc1. The maximum absolute atomic E-state index is 11.0. The van der Waals surface area contributed by atoms with Gasteiger partial charge in [0.1, 0.15) is 30.8 Å². The van der Waals surface area contributed by atoms with Crippen LogP contribution in [0.15, 0.2) is 48.5 Å². The first-order chi connectivity index (χ1) is 12.2. The molecule has 2 aromatic carbocycles. The van der Waals surface area contributed by atoms with Crippen molar-refractivity contribution in [3.8, 4) is 11.5 Å². The summed E-state index contributed by atoms with van der Waals surface area (Å²) in [6, 6.07) is 14.9. The van der Waals surface area contributed by atoms with Crippen LogP contribution in [0.5, 0.6) is 11.5 Å². The minimum atomic E-state index is -0.743. The van der Waals surface area contributed by atoms with E-state index in [2.05, 4.69) is 26.1 Å². The third-order valence-corrected chi connectivity index (χ3v) is 3.78. The van der Waals surface area contributed by atoms with E-state index in [0.29, 0.717) is 11.4 Å². The lowest BCUT2D eigenvalue weighted by atomic mass is 9.87. The number of carbonyl (C=O) groups excluding carboxylic acids is 1. The number of hydrogen-bond donors (Lipinski definition) is 2. The molecular formula is C21H27NO4. The first kappa shape index (κ1) is 19.8. The Hall–Kier alpha value is -2.53. The van der Waals surface area contributed by atoms with E-state index in [-0.39, 0.29) is 24.5 Å². The molecule has 2 aromatic rings. The predicted molar refractivity (Wildman–Crippen MR) is 103 cm³/mol. The van der Waals surface area contributed by atoms with Gasteiger partial charge in [-0.25, -0.2) is 0 Å². The van der Waals surface area contributed by atoms with Crippen molar-refractivity contribution < 1.29 is 19.4 Å². The minimum absolute atomic E-state index is 0.0986. The van der Waals surface area contributed by atoms with E-state index < -0.39 is 6.10 Å². The summed E-state index contributed by atoms with van der Waals surface area (Å²) in [6.07, 6.45) is -0.743. The van der Waals surface area contributed by atoms with Gasteiger partial charge in [-0.15, -0.1) is 0 Å². The fourth-order valence-corrected chi connectivity index (χ4v) is 2.32. The van der Waals surface area contributed by atoms with Crippen molar-refractivity contribution >= 4 is 11.6 Å². The van der Waals surface area contributed by atoms with Crippen LogP contribution in [0, 0.1) is 0 Å². The van der Waals surface area contributed by atoms with E-state index in [0.717, 1.165) is 5.75 Å². The Morgan fingerprint density at radius 1 is 0.962 bits per heavy atom. The third kappa shape index (κ3) is 6.41. The lowest BCUT2D eigenvalue weighted by molar-refractivity contribution is -0.114. The molecule has 1 amide bonds. The summed E-state index contributed by atoms with van der Waals surface area (Å²) < 4.78 is 11.1. The van der Waals surface area contributed by atoms with Gasteiger partial charge < -0.3 is 19.9 Å². The highest BCUT2D eigenvalue weighted by atomic mass is 16.5. The molecule has 2 rings (SSSR count). The molecule has 5 nitrogen and oxygen atoms in total. The van der Waals surface area contributed by atoms with Crippen molar-refractivity contribution in [2.24, 2.45) is 0 Å². The van der Waals surface area contributed by atoms with Crippen molar-refractivity contribution in [3.63, 3.8) is 0 Å². The summed E-state index contributed by atoms with van der Waals surface area (Å²) in [5.41, 5.74) is 2.03. The number of carbonyl (C=O) groups is 1. The van der Waals surface area contributed by atoms with Crippen LogP contribution in [-0.2, 0) is 10.2 Å². The fourth-order valence-electron chi connectivity index (χ4n) is 2.32. The molecule has 2 N–H and O–H groups in total. The van der Waals surface area contributed by atoms with Gasteiger partial charge in [-0.05, 0) is 47.4 Å². The molecule has 140 valence electrons. The highest BCUT2D eigenvalue weighted by Gasteiger charge is 2.13. The molecule has 0 bridgehead atoms. The van der Waals surface area contributed by atoms with Gasteiger partial charge in [-0.1, -0.05) is 32.9 Å². The van der Waals surface area contributed by atoms with E-state index in [1.807, 2.05) is 24.3 Å². The molecule has 0 aromatic heterocycles. The Morgan fingerprint density at radius 3 is 1.85 bits per heavy atom. The first-order valence-electron chi connectivity index (χ1n) is 8.66. The summed E-state index contributed by atoms with van der Waals surface area (Å²) >= 11 is 0. The zero-order chi connectivity index (χ0) is 19.2. The van der Waals surface area contributed by atoms with E-state index in [9.17, 15) is 9.90 Å². The van der Waals surface area contributed by atoms with Gasteiger partial charge in [-0.3, -0.25) is 4.79 Å². The Kier molecular flexibility index (Phi) is 6.64. The second kappa shape index (κ2) is 8.72. The molecule has 1 atom stereocenters. The number of hydrogen-bond acceptors (Lipinski definition) is 4. The molecule has 0 fully saturated rings. The van der Waals surface area contributed by atoms with Gasteiger partial charge in [0.05, 0.1) is 0 Å². The van der Waals surface area contributed by atoms with Crippen LogP contribution < -0.4 is 14.8 Å². The van der Waals surface area contributed by atoms with Gasteiger partial charge in [0.15, 0.2) is 0 Å². The normalized spacial score (nSPS) is 12.3. The number of rotatable bonds is 7. The maximum atomic E-state index is 11.0. The molecule has 0 saturated heterocycles. The van der Waals surface area contributed by atoms with Crippen LogP contribution in [0.2, 0.25) is 0 Å². The minimum Gasteiger partial charge on any atom is -0.491 e. The van der Waals surface area contributed by atoms with Crippen molar-refractivity contribution in [3.05, 3.63) is 54.1 Å². The van der Waals surface area contributed by atoms with E-state index in [1.165, 1.54) is 12.5 Å². The molecule has 5 heteroatoms. The van der Waals surface area contributed by atoms with Crippen LogP contribution >= 0.6 is 0 Å². The van der Waals surface area contributed by atoms with Crippen LogP contribution in [0.25, 0.3) is 0 Å². The molecule has 0 saturated carbocycles. The lowest BCUT2D eigenvalue weighted by Gasteiger charge is -2.19. The molecule has 0 spiro atoms. The smallest absolute Gasteiger partial charge is 0.221 e. The van der Waals surface area contributed by atoms with Crippen molar-refractivity contribution in [1.82, 2.24) is 0 Å². The average Bonchev–Trinajstić information content (AvgIpc) is 2.58.